The van der Waals surface area contributed by atoms with Crippen LogP contribution in [0.15, 0.2) is 12.1 Å². The molecule has 1 rings (SSSR count). The fourth-order valence-electron chi connectivity index (χ4n) is 1.22. The molecule has 0 saturated heterocycles. The number of rotatable bonds is 2. The number of ketones is 1. The first-order chi connectivity index (χ1) is 6.43. The first-order valence-electron chi connectivity index (χ1n) is 4.50. The fraction of sp³-hybridized carbons (Fsp3) is 0.364. The Bertz CT molecular complexity index is 349. The van der Waals surface area contributed by atoms with Gasteiger partial charge in [-0.15, -0.1) is 0 Å². The Morgan fingerprint density at radius 3 is 2.43 bits per heavy atom. The maximum Gasteiger partial charge on any atom is 0.179 e. The SMILES string of the molecule is Cc1cc(C(=O)C(C)N)cc(Cl)c1C. The molecule has 0 saturated carbocycles. The van der Waals surface area contributed by atoms with Crippen LogP contribution in [0.3, 0.4) is 0 Å². The summed E-state index contributed by atoms with van der Waals surface area (Å²) in [4.78, 5) is 11.6. The fourth-order valence-corrected chi connectivity index (χ4v) is 1.49. The maximum atomic E-state index is 11.6. The summed E-state index contributed by atoms with van der Waals surface area (Å²) in [6.45, 7) is 5.53. The summed E-state index contributed by atoms with van der Waals surface area (Å²) < 4.78 is 0. The molecule has 0 spiro atoms. The predicted octanol–water partition coefficient (Wildman–Crippen LogP) is 2.49. The minimum atomic E-state index is -0.479. The van der Waals surface area contributed by atoms with Gasteiger partial charge in [0.15, 0.2) is 5.78 Å². The van der Waals surface area contributed by atoms with Crippen LogP contribution >= 0.6 is 11.6 Å². The van der Waals surface area contributed by atoms with E-state index in [0.29, 0.717) is 10.6 Å². The highest BCUT2D eigenvalue weighted by Gasteiger charge is 2.12. The Labute approximate surface area is 89.1 Å². The molecule has 1 unspecified atom stereocenters. The summed E-state index contributed by atoms with van der Waals surface area (Å²) >= 11 is 5.97. The highest BCUT2D eigenvalue weighted by Crippen LogP contribution is 2.21. The van der Waals surface area contributed by atoms with Crippen LogP contribution in [0.25, 0.3) is 0 Å². The van der Waals surface area contributed by atoms with E-state index in [9.17, 15) is 4.79 Å². The van der Waals surface area contributed by atoms with Crippen LogP contribution in [-0.4, -0.2) is 11.8 Å². The van der Waals surface area contributed by atoms with Gasteiger partial charge in [0.2, 0.25) is 0 Å². The van der Waals surface area contributed by atoms with Crippen LogP contribution in [0.1, 0.15) is 28.4 Å². The third-order valence-electron chi connectivity index (χ3n) is 2.30. The Morgan fingerprint density at radius 2 is 2.00 bits per heavy atom. The van der Waals surface area contributed by atoms with Crippen LogP contribution in [-0.2, 0) is 0 Å². The van der Waals surface area contributed by atoms with Gasteiger partial charge in [-0.25, -0.2) is 0 Å². The molecule has 0 aliphatic heterocycles. The Balaban J connectivity index is 3.19. The molecule has 0 heterocycles. The van der Waals surface area contributed by atoms with Crippen molar-refractivity contribution in [2.75, 3.05) is 0 Å². The van der Waals surface area contributed by atoms with Crippen LogP contribution in [0.5, 0.6) is 0 Å². The second-order valence-electron chi connectivity index (χ2n) is 3.55. The normalized spacial score (nSPS) is 12.6. The third kappa shape index (κ3) is 2.14. The van der Waals surface area contributed by atoms with E-state index in [1.807, 2.05) is 19.9 Å². The number of benzene rings is 1. The molecule has 2 N–H and O–H groups in total. The standard InChI is InChI=1S/C11H14ClNO/c1-6-4-9(11(14)8(3)13)5-10(12)7(6)2/h4-5,8H,13H2,1-3H3. The van der Waals surface area contributed by atoms with Crippen LogP contribution < -0.4 is 5.73 Å². The summed E-state index contributed by atoms with van der Waals surface area (Å²) in [5.74, 6) is -0.0741. The molecule has 0 fully saturated rings. The minimum absolute atomic E-state index is 0.0741. The Hall–Kier alpha value is -0.860. The first kappa shape index (κ1) is 11.2. The van der Waals surface area contributed by atoms with Crippen molar-refractivity contribution in [2.24, 2.45) is 5.73 Å². The lowest BCUT2D eigenvalue weighted by molar-refractivity contribution is 0.0968. The molecule has 2 nitrogen and oxygen atoms in total. The van der Waals surface area contributed by atoms with E-state index in [0.717, 1.165) is 11.1 Å². The molecule has 0 amide bonds. The second-order valence-corrected chi connectivity index (χ2v) is 3.96. The number of hydrogen-bond donors (Lipinski definition) is 1. The molecule has 0 radical (unpaired) electrons. The molecule has 0 aliphatic carbocycles. The molecule has 1 atom stereocenters. The number of halogens is 1. The predicted molar refractivity (Wildman–Crippen MR) is 58.9 cm³/mol. The zero-order chi connectivity index (χ0) is 10.9. The van der Waals surface area contributed by atoms with E-state index in [-0.39, 0.29) is 5.78 Å². The number of nitrogens with two attached hydrogens (primary N) is 1. The zero-order valence-electron chi connectivity index (χ0n) is 8.60. The van der Waals surface area contributed by atoms with Crippen molar-refractivity contribution in [1.29, 1.82) is 0 Å². The van der Waals surface area contributed by atoms with Gasteiger partial charge in [0.1, 0.15) is 0 Å². The maximum absolute atomic E-state index is 11.6. The van der Waals surface area contributed by atoms with Crippen molar-refractivity contribution in [3.63, 3.8) is 0 Å². The van der Waals surface area contributed by atoms with Crippen molar-refractivity contribution < 1.29 is 4.79 Å². The summed E-state index contributed by atoms with van der Waals surface area (Å²) in [7, 11) is 0. The average molecular weight is 212 g/mol. The van der Waals surface area contributed by atoms with E-state index < -0.39 is 6.04 Å². The lowest BCUT2D eigenvalue weighted by Crippen LogP contribution is -2.26. The summed E-state index contributed by atoms with van der Waals surface area (Å²) in [6.07, 6.45) is 0. The lowest BCUT2D eigenvalue weighted by atomic mass is 10.0. The summed E-state index contributed by atoms with van der Waals surface area (Å²) in [5.41, 5.74) is 8.13. The number of hydrogen-bond acceptors (Lipinski definition) is 2. The van der Waals surface area contributed by atoms with Gasteiger partial charge < -0.3 is 5.73 Å². The molecule has 3 heteroatoms. The van der Waals surface area contributed by atoms with E-state index in [1.165, 1.54) is 0 Å². The van der Waals surface area contributed by atoms with Gasteiger partial charge in [0.05, 0.1) is 6.04 Å². The molecule has 14 heavy (non-hydrogen) atoms. The number of Topliss-reactive ketones (excluding diaryl/α,β-unsaturated/α-hetero) is 1. The minimum Gasteiger partial charge on any atom is -0.321 e. The van der Waals surface area contributed by atoms with Gasteiger partial charge in [-0.2, -0.15) is 0 Å². The lowest BCUT2D eigenvalue weighted by Gasteiger charge is -2.08. The molecular formula is C11H14ClNO. The number of carbonyl (C=O) groups excluding carboxylic acids is 1. The van der Waals surface area contributed by atoms with Crippen molar-refractivity contribution in [2.45, 2.75) is 26.8 Å². The van der Waals surface area contributed by atoms with Gasteiger partial charge in [-0.05, 0) is 44.0 Å². The number of carbonyl (C=O) groups is 1. The summed E-state index contributed by atoms with van der Waals surface area (Å²) in [5, 5.41) is 0.619. The van der Waals surface area contributed by atoms with Gasteiger partial charge in [0.25, 0.3) is 0 Å². The van der Waals surface area contributed by atoms with Gasteiger partial charge in [-0.1, -0.05) is 11.6 Å². The summed E-state index contributed by atoms with van der Waals surface area (Å²) in [6, 6.07) is 3.02. The Kier molecular flexibility index (Phi) is 3.29. The van der Waals surface area contributed by atoms with Crippen LogP contribution in [0, 0.1) is 13.8 Å². The highest BCUT2D eigenvalue weighted by molar-refractivity contribution is 6.31. The largest absolute Gasteiger partial charge is 0.321 e. The van der Waals surface area contributed by atoms with E-state index in [1.54, 1.807) is 13.0 Å². The van der Waals surface area contributed by atoms with Crippen LogP contribution in [0.2, 0.25) is 5.02 Å². The van der Waals surface area contributed by atoms with Crippen molar-refractivity contribution in [3.8, 4) is 0 Å². The van der Waals surface area contributed by atoms with Crippen molar-refractivity contribution >= 4 is 17.4 Å². The van der Waals surface area contributed by atoms with Crippen molar-refractivity contribution in [3.05, 3.63) is 33.8 Å². The molecule has 0 bridgehead atoms. The zero-order valence-corrected chi connectivity index (χ0v) is 9.35. The van der Waals surface area contributed by atoms with Gasteiger partial charge >= 0.3 is 0 Å². The van der Waals surface area contributed by atoms with Crippen LogP contribution in [0.4, 0.5) is 0 Å². The first-order valence-corrected chi connectivity index (χ1v) is 4.88. The second kappa shape index (κ2) is 4.11. The molecule has 76 valence electrons. The third-order valence-corrected chi connectivity index (χ3v) is 2.69. The van der Waals surface area contributed by atoms with E-state index in [4.69, 9.17) is 17.3 Å². The molecule has 1 aromatic rings. The molecule has 0 aromatic heterocycles. The number of aryl methyl sites for hydroxylation is 1. The topological polar surface area (TPSA) is 43.1 Å². The van der Waals surface area contributed by atoms with E-state index in [2.05, 4.69) is 0 Å². The average Bonchev–Trinajstić information content (AvgIpc) is 2.12. The molecule has 0 aliphatic rings. The smallest absolute Gasteiger partial charge is 0.179 e. The molecular weight excluding hydrogens is 198 g/mol. The van der Waals surface area contributed by atoms with Gasteiger partial charge in [0, 0.05) is 10.6 Å². The molecule has 1 aromatic carbocycles. The van der Waals surface area contributed by atoms with E-state index >= 15 is 0 Å². The Morgan fingerprint density at radius 1 is 1.43 bits per heavy atom. The van der Waals surface area contributed by atoms with Crippen molar-refractivity contribution in [1.82, 2.24) is 0 Å². The quantitative estimate of drug-likeness (QED) is 0.764. The van der Waals surface area contributed by atoms with Gasteiger partial charge in [-0.3, -0.25) is 4.79 Å². The monoisotopic (exact) mass is 211 g/mol. The highest BCUT2D eigenvalue weighted by atomic mass is 35.5.